The number of benzene rings is 2. The maximum atomic E-state index is 12.7. The lowest BCUT2D eigenvalue weighted by Gasteiger charge is -2.25. The van der Waals surface area contributed by atoms with Crippen molar-refractivity contribution in [1.29, 1.82) is 0 Å². The summed E-state index contributed by atoms with van der Waals surface area (Å²) in [5.74, 6) is 0.935. The highest BCUT2D eigenvalue weighted by atomic mass is 79.9. The first-order valence-electron chi connectivity index (χ1n) is 8.68. The highest BCUT2D eigenvalue weighted by Crippen LogP contribution is 2.28. The number of fused-ring (bicyclic) bond motifs is 1. The van der Waals surface area contributed by atoms with Crippen LogP contribution in [0.5, 0.6) is 5.75 Å². The molecule has 1 amide bonds. The van der Waals surface area contributed by atoms with Gasteiger partial charge in [0, 0.05) is 22.0 Å². The molecule has 0 aliphatic rings. The molecule has 0 saturated carbocycles. The van der Waals surface area contributed by atoms with Gasteiger partial charge in [-0.2, -0.15) is 0 Å². The van der Waals surface area contributed by atoms with Gasteiger partial charge in [-0.05, 0) is 56.9 Å². The van der Waals surface area contributed by atoms with Gasteiger partial charge < -0.3 is 19.4 Å². The van der Waals surface area contributed by atoms with E-state index in [4.69, 9.17) is 9.15 Å². The summed E-state index contributed by atoms with van der Waals surface area (Å²) < 4.78 is 12.1. The number of nitrogens with one attached hydrogen (secondary N) is 1. The summed E-state index contributed by atoms with van der Waals surface area (Å²) in [7, 11) is 5.62. The van der Waals surface area contributed by atoms with Crippen LogP contribution >= 0.6 is 15.9 Å². The maximum absolute atomic E-state index is 12.7. The monoisotopic (exact) mass is 430 g/mol. The van der Waals surface area contributed by atoms with Gasteiger partial charge in [0.15, 0.2) is 5.76 Å². The Kier molecular flexibility index (Phi) is 5.87. The minimum atomic E-state index is -0.213. The van der Waals surface area contributed by atoms with Gasteiger partial charge in [0.25, 0.3) is 5.91 Å². The summed E-state index contributed by atoms with van der Waals surface area (Å²) in [6, 6.07) is 13.6. The highest BCUT2D eigenvalue weighted by Gasteiger charge is 2.21. The van der Waals surface area contributed by atoms with Crippen LogP contribution in [-0.2, 0) is 0 Å². The molecule has 3 aromatic rings. The number of hydrogen-bond donors (Lipinski definition) is 1. The molecule has 6 heteroatoms. The van der Waals surface area contributed by atoms with E-state index in [-0.39, 0.29) is 11.9 Å². The number of nitrogens with zero attached hydrogens (tertiary/aromatic N) is 1. The quantitative estimate of drug-likeness (QED) is 0.623. The molecule has 0 unspecified atom stereocenters. The van der Waals surface area contributed by atoms with Gasteiger partial charge in [0.1, 0.15) is 11.3 Å². The average Bonchev–Trinajstić information content (AvgIpc) is 2.98. The number of aryl methyl sites for hydroxylation is 1. The van der Waals surface area contributed by atoms with E-state index in [1.807, 2.05) is 63.5 Å². The molecule has 27 heavy (non-hydrogen) atoms. The van der Waals surface area contributed by atoms with Gasteiger partial charge in [-0.3, -0.25) is 4.79 Å². The first-order chi connectivity index (χ1) is 12.9. The van der Waals surface area contributed by atoms with Gasteiger partial charge >= 0.3 is 0 Å². The Morgan fingerprint density at radius 3 is 2.74 bits per heavy atom. The van der Waals surface area contributed by atoms with Crippen molar-refractivity contribution in [1.82, 2.24) is 10.2 Å². The van der Waals surface area contributed by atoms with Crippen molar-refractivity contribution in [3.05, 3.63) is 63.8 Å². The lowest BCUT2D eigenvalue weighted by Crippen LogP contribution is -2.34. The van der Waals surface area contributed by atoms with Crippen LogP contribution in [0.3, 0.4) is 0 Å². The molecule has 1 atom stereocenters. The Balaban J connectivity index is 1.79. The number of halogens is 1. The van der Waals surface area contributed by atoms with Crippen LogP contribution in [-0.4, -0.2) is 38.6 Å². The normalized spacial score (nSPS) is 12.4. The van der Waals surface area contributed by atoms with Crippen molar-refractivity contribution >= 4 is 32.8 Å². The molecule has 5 nitrogen and oxygen atoms in total. The molecule has 142 valence electrons. The maximum Gasteiger partial charge on any atom is 0.287 e. The first kappa shape index (κ1) is 19.5. The molecule has 0 aliphatic heterocycles. The minimum absolute atomic E-state index is 0.0166. The predicted molar refractivity (Wildman–Crippen MR) is 110 cm³/mol. The third kappa shape index (κ3) is 4.17. The van der Waals surface area contributed by atoms with Gasteiger partial charge in [0.2, 0.25) is 0 Å². The average molecular weight is 431 g/mol. The second-order valence-corrected chi connectivity index (χ2v) is 7.58. The zero-order valence-corrected chi connectivity index (χ0v) is 17.5. The van der Waals surface area contributed by atoms with Crippen LogP contribution in [0, 0.1) is 6.92 Å². The van der Waals surface area contributed by atoms with E-state index in [1.54, 1.807) is 7.11 Å². The number of ether oxygens (including phenoxy) is 1. The Hall–Kier alpha value is -2.31. The molecule has 1 N–H and O–H groups in total. The Labute approximate surface area is 167 Å². The largest absolute Gasteiger partial charge is 0.497 e. The van der Waals surface area contributed by atoms with Crippen LogP contribution in [0.4, 0.5) is 0 Å². The third-order valence-corrected chi connectivity index (χ3v) is 5.16. The smallest absolute Gasteiger partial charge is 0.287 e. The van der Waals surface area contributed by atoms with Crippen LogP contribution < -0.4 is 10.1 Å². The lowest BCUT2D eigenvalue weighted by molar-refractivity contribution is 0.0915. The molecular formula is C21H23BrN2O3. The van der Waals surface area contributed by atoms with E-state index in [0.29, 0.717) is 17.9 Å². The molecule has 0 radical (unpaired) electrons. The van der Waals surface area contributed by atoms with Crippen LogP contribution in [0.15, 0.2) is 51.4 Å². The predicted octanol–water partition coefficient (Wildman–Crippen LogP) is 4.55. The van der Waals surface area contributed by atoms with E-state index < -0.39 is 0 Å². The zero-order valence-electron chi connectivity index (χ0n) is 15.9. The van der Waals surface area contributed by atoms with E-state index in [1.165, 1.54) is 0 Å². The zero-order chi connectivity index (χ0) is 19.6. The van der Waals surface area contributed by atoms with E-state index in [2.05, 4.69) is 26.1 Å². The number of carbonyl (C=O) groups excluding carboxylic acids is 1. The standard InChI is InChI=1S/C21H23BrN2O3/c1-13-17-11-15(22)8-9-19(17)27-20(13)21(25)23-12-18(24(2)3)14-6-5-7-16(10-14)26-4/h5-11,18H,12H2,1-4H3,(H,23,25)/t18-/m1/s1. The summed E-state index contributed by atoms with van der Waals surface area (Å²) in [5, 5.41) is 3.94. The Bertz CT molecular complexity index is 965. The number of rotatable bonds is 6. The molecule has 1 aromatic heterocycles. The number of methoxy groups -OCH3 is 1. The van der Waals surface area contributed by atoms with Crippen LogP contribution in [0.2, 0.25) is 0 Å². The summed E-state index contributed by atoms with van der Waals surface area (Å²) in [6.45, 7) is 2.36. The number of hydrogen-bond acceptors (Lipinski definition) is 4. The fraction of sp³-hybridized carbons (Fsp3) is 0.286. The van der Waals surface area contributed by atoms with Crippen molar-refractivity contribution in [3.63, 3.8) is 0 Å². The fourth-order valence-electron chi connectivity index (χ4n) is 3.13. The molecular weight excluding hydrogens is 408 g/mol. The summed E-state index contributed by atoms with van der Waals surface area (Å²) >= 11 is 3.46. The van der Waals surface area contributed by atoms with Gasteiger partial charge in [-0.25, -0.2) is 0 Å². The highest BCUT2D eigenvalue weighted by molar-refractivity contribution is 9.10. The van der Waals surface area contributed by atoms with Crippen LogP contribution in [0.25, 0.3) is 11.0 Å². The SMILES string of the molecule is COc1cccc([C@@H](CNC(=O)c2oc3ccc(Br)cc3c2C)N(C)C)c1. The third-order valence-electron chi connectivity index (χ3n) is 4.66. The van der Waals surface area contributed by atoms with Crippen molar-refractivity contribution in [2.75, 3.05) is 27.7 Å². The van der Waals surface area contributed by atoms with E-state index in [0.717, 1.165) is 26.7 Å². The lowest BCUT2D eigenvalue weighted by atomic mass is 10.1. The molecule has 0 spiro atoms. The number of carbonyl (C=O) groups is 1. The molecule has 3 rings (SSSR count). The minimum Gasteiger partial charge on any atom is -0.497 e. The van der Waals surface area contributed by atoms with Gasteiger partial charge in [-0.1, -0.05) is 28.1 Å². The first-order valence-corrected chi connectivity index (χ1v) is 9.47. The molecule has 2 aromatic carbocycles. The molecule has 0 bridgehead atoms. The molecule has 0 saturated heterocycles. The van der Waals surface area contributed by atoms with Crippen molar-refractivity contribution in [3.8, 4) is 5.75 Å². The second-order valence-electron chi connectivity index (χ2n) is 6.66. The molecule has 0 fully saturated rings. The summed E-state index contributed by atoms with van der Waals surface area (Å²) in [4.78, 5) is 14.8. The number of likely N-dealkylation sites (N-methyl/N-ethyl adjacent to an activating group) is 1. The van der Waals surface area contributed by atoms with Gasteiger partial charge in [-0.15, -0.1) is 0 Å². The summed E-state index contributed by atoms with van der Waals surface area (Å²) in [5.41, 5.74) is 2.62. The van der Waals surface area contributed by atoms with Crippen molar-refractivity contribution < 1.29 is 13.9 Å². The van der Waals surface area contributed by atoms with Gasteiger partial charge in [0.05, 0.1) is 13.2 Å². The topological polar surface area (TPSA) is 54.7 Å². The number of amides is 1. The molecule has 1 heterocycles. The molecule has 0 aliphatic carbocycles. The Morgan fingerprint density at radius 2 is 2.04 bits per heavy atom. The van der Waals surface area contributed by atoms with E-state index >= 15 is 0 Å². The van der Waals surface area contributed by atoms with Crippen LogP contribution in [0.1, 0.15) is 27.7 Å². The Morgan fingerprint density at radius 1 is 1.26 bits per heavy atom. The fourth-order valence-corrected chi connectivity index (χ4v) is 3.49. The van der Waals surface area contributed by atoms with Crippen molar-refractivity contribution in [2.24, 2.45) is 0 Å². The summed E-state index contributed by atoms with van der Waals surface area (Å²) in [6.07, 6.45) is 0. The van der Waals surface area contributed by atoms with Crippen molar-refractivity contribution in [2.45, 2.75) is 13.0 Å². The van der Waals surface area contributed by atoms with E-state index in [9.17, 15) is 4.79 Å². The second kappa shape index (κ2) is 8.15. The number of furan rings is 1.